The van der Waals surface area contributed by atoms with E-state index in [1.807, 2.05) is 6.92 Å². The Balaban J connectivity index is 2.45. The van der Waals surface area contributed by atoms with E-state index in [4.69, 9.17) is 10.5 Å². The van der Waals surface area contributed by atoms with Crippen LogP contribution >= 0.6 is 0 Å². The van der Waals surface area contributed by atoms with Gasteiger partial charge in [0.05, 0.1) is 26.3 Å². The molecule has 0 spiro atoms. The highest BCUT2D eigenvalue weighted by molar-refractivity contribution is 4.82. The molecule has 0 aromatic rings. The fraction of sp³-hybridized carbons (Fsp3) is 1.00. The molecule has 2 N–H and O–H groups in total. The number of halogens is 2. The van der Waals surface area contributed by atoms with Crippen LogP contribution in [0.2, 0.25) is 0 Å². The maximum atomic E-state index is 13.0. The third kappa shape index (κ3) is 2.87. The zero-order valence-corrected chi connectivity index (χ0v) is 8.67. The molecule has 2 atom stereocenters. The van der Waals surface area contributed by atoms with Gasteiger partial charge in [0.15, 0.2) is 0 Å². The molecule has 0 saturated carbocycles. The Hall–Kier alpha value is -0.260. The third-order valence-electron chi connectivity index (χ3n) is 2.67. The number of nitrogens with two attached hydrogens (primary N) is 1. The largest absolute Gasteiger partial charge is 0.379 e. The predicted molar refractivity (Wildman–Crippen MR) is 50.4 cm³/mol. The molecular weight excluding hydrogens is 190 g/mol. The van der Waals surface area contributed by atoms with Crippen LogP contribution in [0.5, 0.6) is 0 Å². The van der Waals surface area contributed by atoms with Crippen molar-refractivity contribution in [2.24, 2.45) is 11.7 Å². The fourth-order valence-electron chi connectivity index (χ4n) is 1.76. The van der Waals surface area contributed by atoms with Crippen LogP contribution in [-0.2, 0) is 4.74 Å². The second-order valence-corrected chi connectivity index (χ2v) is 4.06. The van der Waals surface area contributed by atoms with Crippen molar-refractivity contribution in [2.45, 2.75) is 18.9 Å². The molecule has 84 valence electrons. The molecule has 0 aromatic heterocycles. The maximum absolute atomic E-state index is 13.0. The lowest BCUT2D eigenvalue weighted by Crippen LogP contribution is -2.46. The average Bonchev–Trinajstić information content (AvgIpc) is 2.51. The van der Waals surface area contributed by atoms with Crippen molar-refractivity contribution in [3.05, 3.63) is 0 Å². The minimum absolute atomic E-state index is 0.0902. The van der Waals surface area contributed by atoms with Crippen molar-refractivity contribution >= 4 is 0 Å². The highest BCUT2D eigenvalue weighted by Crippen LogP contribution is 2.21. The molecule has 1 aliphatic rings. The van der Waals surface area contributed by atoms with Crippen LogP contribution in [0.4, 0.5) is 8.78 Å². The molecular formula is C9H18F2N2O. The van der Waals surface area contributed by atoms with E-state index in [-0.39, 0.29) is 12.6 Å². The summed E-state index contributed by atoms with van der Waals surface area (Å²) in [6.07, 6.45) is 0. The van der Waals surface area contributed by atoms with E-state index in [1.165, 1.54) is 0 Å². The quantitative estimate of drug-likeness (QED) is 0.733. The van der Waals surface area contributed by atoms with Gasteiger partial charge in [-0.05, 0) is 13.0 Å². The van der Waals surface area contributed by atoms with E-state index in [2.05, 4.69) is 0 Å². The van der Waals surface area contributed by atoms with Crippen molar-refractivity contribution in [3.63, 3.8) is 0 Å². The highest BCUT2D eigenvalue weighted by atomic mass is 19.3. The van der Waals surface area contributed by atoms with E-state index >= 15 is 0 Å². The van der Waals surface area contributed by atoms with Crippen LogP contribution in [0.3, 0.4) is 0 Å². The summed E-state index contributed by atoms with van der Waals surface area (Å²) in [5.41, 5.74) is 4.98. The van der Waals surface area contributed by atoms with Gasteiger partial charge in [-0.3, -0.25) is 4.90 Å². The van der Waals surface area contributed by atoms with Gasteiger partial charge in [-0.2, -0.15) is 0 Å². The molecule has 1 fully saturated rings. The Kier molecular flexibility index (Phi) is 3.80. The number of hydrogen-bond donors (Lipinski definition) is 1. The summed E-state index contributed by atoms with van der Waals surface area (Å²) in [4.78, 5) is 1.64. The van der Waals surface area contributed by atoms with Crippen LogP contribution in [0.25, 0.3) is 0 Å². The summed E-state index contributed by atoms with van der Waals surface area (Å²) in [5, 5.41) is 0. The zero-order valence-electron chi connectivity index (χ0n) is 8.67. The number of likely N-dealkylation sites (N-methyl/N-ethyl adjacent to an activating group) is 1. The summed E-state index contributed by atoms with van der Waals surface area (Å²) in [5.74, 6) is -2.48. The third-order valence-corrected chi connectivity index (χ3v) is 2.67. The van der Waals surface area contributed by atoms with Crippen LogP contribution in [0.15, 0.2) is 0 Å². The van der Waals surface area contributed by atoms with Gasteiger partial charge in [0, 0.05) is 6.04 Å². The average molecular weight is 208 g/mol. The maximum Gasteiger partial charge on any atom is 0.272 e. The van der Waals surface area contributed by atoms with Gasteiger partial charge >= 0.3 is 0 Å². The van der Waals surface area contributed by atoms with Crippen LogP contribution in [0, 0.1) is 5.92 Å². The lowest BCUT2D eigenvalue weighted by molar-refractivity contribution is -0.0299. The summed E-state index contributed by atoms with van der Waals surface area (Å²) < 4.78 is 31.2. The highest BCUT2D eigenvalue weighted by Gasteiger charge is 2.35. The van der Waals surface area contributed by atoms with E-state index in [9.17, 15) is 8.78 Å². The molecule has 0 bridgehead atoms. The number of rotatable bonds is 4. The molecule has 1 saturated heterocycles. The minimum atomic E-state index is -2.79. The van der Waals surface area contributed by atoms with Crippen molar-refractivity contribution in [1.82, 2.24) is 4.90 Å². The van der Waals surface area contributed by atoms with E-state index < -0.39 is 12.5 Å². The van der Waals surface area contributed by atoms with Crippen LogP contribution < -0.4 is 5.73 Å². The zero-order chi connectivity index (χ0) is 10.8. The predicted octanol–water partition coefficient (Wildman–Crippen LogP) is 0.547. The molecule has 1 rings (SSSR count). The van der Waals surface area contributed by atoms with Crippen molar-refractivity contribution in [1.29, 1.82) is 0 Å². The lowest BCUT2D eigenvalue weighted by atomic mass is 10.0. The Bertz CT molecular complexity index is 190. The number of hydrogen-bond acceptors (Lipinski definition) is 3. The Morgan fingerprint density at radius 3 is 2.57 bits per heavy atom. The summed E-state index contributed by atoms with van der Waals surface area (Å²) in [6, 6.07) is 0.0902. The van der Waals surface area contributed by atoms with Gasteiger partial charge in [-0.1, -0.05) is 6.92 Å². The summed E-state index contributed by atoms with van der Waals surface area (Å²) >= 11 is 0. The Labute approximate surface area is 83.2 Å². The molecule has 3 nitrogen and oxygen atoms in total. The first-order chi connectivity index (χ1) is 6.46. The Morgan fingerprint density at radius 2 is 2.14 bits per heavy atom. The van der Waals surface area contributed by atoms with Crippen LogP contribution in [-0.4, -0.2) is 50.2 Å². The van der Waals surface area contributed by atoms with Crippen molar-refractivity contribution in [2.75, 3.05) is 33.4 Å². The molecule has 5 heteroatoms. The fourth-order valence-corrected chi connectivity index (χ4v) is 1.76. The second-order valence-electron chi connectivity index (χ2n) is 4.06. The molecule has 14 heavy (non-hydrogen) atoms. The Morgan fingerprint density at radius 1 is 1.50 bits per heavy atom. The number of alkyl halides is 2. The number of ether oxygens (including phenoxy) is 1. The van der Waals surface area contributed by atoms with Gasteiger partial charge in [-0.15, -0.1) is 0 Å². The molecule has 0 amide bonds. The molecule has 1 heterocycles. The van der Waals surface area contributed by atoms with Gasteiger partial charge in [0.2, 0.25) is 0 Å². The first kappa shape index (κ1) is 11.8. The topological polar surface area (TPSA) is 38.5 Å². The number of nitrogens with zero attached hydrogens (tertiary/aromatic N) is 1. The van der Waals surface area contributed by atoms with E-state index in [1.54, 1.807) is 11.9 Å². The standard InChI is InChI=1S/C9H18F2N2O/c1-7-3-14-4-8(7)13(2)6-9(10,11)5-12/h7-8H,3-6,12H2,1-2H3. The van der Waals surface area contributed by atoms with E-state index in [0.29, 0.717) is 19.1 Å². The molecule has 0 aliphatic carbocycles. The molecule has 1 aliphatic heterocycles. The first-order valence-corrected chi connectivity index (χ1v) is 4.82. The van der Waals surface area contributed by atoms with Gasteiger partial charge in [0.25, 0.3) is 5.92 Å². The SMILES string of the molecule is CC1COCC1N(C)CC(F)(F)CN. The molecule has 0 aromatic carbocycles. The van der Waals surface area contributed by atoms with Gasteiger partial charge in [-0.25, -0.2) is 8.78 Å². The van der Waals surface area contributed by atoms with Crippen molar-refractivity contribution < 1.29 is 13.5 Å². The van der Waals surface area contributed by atoms with Crippen LogP contribution in [0.1, 0.15) is 6.92 Å². The van der Waals surface area contributed by atoms with Gasteiger partial charge in [0.1, 0.15) is 0 Å². The first-order valence-electron chi connectivity index (χ1n) is 4.82. The summed E-state index contributed by atoms with van der Waals surface area (Å²) in [6.45, 7) is 2.32. The van der Waals surface area contributed by atoms with E-state index in [0.717, 1.165) is 0 Å². The minimum Gasteiger partial charge on any atom is -0.379 e. The molecule has 0 radical (unpaired) electrons. The smallest absolute Gasteiger partial charge is 0.272 e. The lowest BCUT2D eigenvalue weighted by Gasteiger charge is -2.29. The van der Waals surface area contributed by atoms with Crippen molar-refractivity contribution in [3.8, 4) is 0 Å². The monoisotopic (exact) mass is 208 g/mol. The second kappa shape index (κ2) is 4.51. The van der Waals surface area contributed by atoms with Gasteiger partial charge < -0.3 is 10.5 Å². The summed E-state index contributed by atoms with van der Waals surface area (Å²) in [7, 11) is 1.69. The normalized spacial score (nSPS) is 28.7. The molecule has 2 unspecified atom stereocenters.